The Bertz CT molecular complexity index is 245. The fourth-order valence-electron chi connectivity index (χ4n) is 1.82. The smallest absolute Gasteiger partial charge is 0.191 e. The van der Waals surface area contributed by atoms with Crippen LogP contribution in [0.5, 0.6) is 0 Å². The van der Waals surface area contributed by atoms with Gasteiger partial charge in [0.15, 0.2) is 5.96 Å². The van der Waals surface area contributed by atoms with Crippen LogP contribution in [0.2, 0.25) is 0 Å². The molecular weight excluding hydrogens is 361 g/mol. The molecule has 0 amide bonds. The van der Waals surface area contributed by atoms with Gasteiger partial charge in [-0.05, 0) is 32.9 Å². The van der Waals surface area contributed by atoms with Gasteiger partial charge in [-0.1, -0.05) is 0 Å². The van der Waals surface area contributed by atoms with Crippen molar-refractivity contribution in [2.24, 2.45) is 4.99 Å². The SMILES string of the molecule is CCNC(=NCC1(C)CCCO1)NCCSC.I. The summed E-state index contributed by atoms with van der Waals surface area (Å²) in [6.07, 6.45) is 4.38. The second-order valence-corrected chi connectivity index (χ2v) is 5.50. The molecule has 1 aliphatic heterocycles. The summed E-state index contributed by atoms with van der Waals surface area (Å²) < 4.78 is 5.73. The first-order chi connectivity index (χ1) is 8.20. The molecule has 1 aliphatic rings. The molecule has 2 N–H and O–H groups in total. The minimum Gasteiger partial charge on any atom is -0.373 e. The Balaban J connectivity index is 0.00000289. The summed E-state index contributed by atoms with van der Waals surface area (Å²) in [6, 6.07) is 0. The third-order valence-corrected chi connectivity index (χ3v) is 3.43. The van der Waals surface area contributed by atoms with Crippen molar-refractivity contribution in [1.82, 2.24) is 10.6 Å². The summed E-state index contributed by atoms with van der Waals surface area (Å²) in [5, 5.41) is 6.58. The van der Waals surface area contributed by atoms with E-state index in [0.717, 1.165) is 50.8 Å². The Labute approximate surface area is 132 Å². The molecular formula is C12H26IN3OS. The summed E-state index contributed by atoms with van der Waals surface area (Å²) in [5.74, 6) is 2.00. The van der Waals surface area contributed by atoms with E-state index in [1.54, 1.807) is 0 Å². The quantitative estimate of drug-likeness (QED) is 0.317. The van der Waals surface area contributed by atoms with E-state index in [-0.39, 0.29) is 29.6 Å². The standard InChI is InChI=1S/C12H25N3OS.HI/c1-4-13-11(14-7-9-17-3)15-10-12(2)6-5-8-16-12;/h4-10H2,1-3H3,(H2,13,14,15);1H. The van der Waals surface area contributed by atoms with Crippen molar-refractivity contribution in [3.8, 4) is 0 Å². The van der Waals surface area contributed by atoms with Crippen LogP contribution in [0.4, 0.5) is 0 Å². The van der Waals surface area contributed by atoms with Crippen molar-refractivity contribution in [2.45, 2.75) is 32.3 Å². The van der Waals surface area contributed by atoms with Crippen molar-refractivity contribution < 1.29 is 4.74 Å². The molecule has 1 rings (SSSR count). The highest BCUT2D eigenvalue weighted by Gasteiger charge is 2.29. The normalized spacial score (nSPS) is 23.6. The summed E-state index contributed by atoms with van der Waals surface area (Å²) >= 11 is 1.83. The number of aliphatic imine (C=N–C) groups is 1. The van der Waals surface area contributed by atoms with Crippen molar-refractivity contribution in [2.75, 3.05) is 38.2 Å². The van der Waals surface area contributed by atoms with Gasteiger partial charge in [0.25, 0.3) is 0 Å². The molecule has 0 aromatic carbocycles. The maximum absolute atomic E-state index is 5.73. The zero-order valence-electron chi connectivity index (χ0n) is 11.6. The first-order valence-corrected chi connectivity index (χ1v) is 7.74. The van der Waals surface area contributed by atoms with Crippen molar-refractivity contribution in [3.05, 3.63) is 0 Å². The fraction of sp³-hybridized carbons (Fsp3) is 0.917. The third kappa shape index (κ3) is 7.04. The largest absolute Gasteiger partial charge is 0.373 e. The monoisotopic (exact) mass is 387 g/mol. The lowest BCUT2D eigenvalue weighted by Gasteiger charge is -2.21. The minimum absolute atomic E-state index is 0. The van der Waals surface area contributed by atoms with Gasteiger partial charge in [-0.15, -0.1) is 24.0 Å². The summed E-state index contributed by atoms with van der Waals surface area (Å²) in [4.78, 5) is 4.60. The molecule has 1 fully saturated rings. The molecule has 1 saturated heterocycles. The Morgan fingerprint density at radius 2 is 2.22 bits per heavy atom. The van der Waals surface area contributed by atoms with Gasteiger partial charge in [0.2, 0.25) is 0 Å². The van der Waals surface area contributed by atoms with Gasteiger partial charge in [-0.3, -0.25) is 4.99 Å². The van der Waals surface area contributed by atoms with Crippen LogP contribution in [0.1, 0.15) is 26.7 Å². The Morgan fingerprint density at radius 1 is 1.44 bits per heavy atom. The van der Waals surface area contributed by atoms with Crippen LogP contribution in [0.15, 0.2) is 4.99 Å². The lowest BCUT2D eigenvalue weighted by atomic mass is 10.0. The maximum atomic E-state index is 5.73. The number of thioether (sulfide) groups is 1. The highest BCUT2D eigenvalue weighted by Crippen LogP contribution is 2.24. The third-order valence-electron chi connectivity index (χ3n) is 2.81. The molecule has 1 unspecified atom stereocenters. The molecule has 18 heavy (non-hydrogen) atoms. The molecule has 0 radical (unpaired) electrons. The summed E-state index contributed by atoms with van der Waals surface area (Å²) in [7, 11) is 0. The van der Waals surface area contributed by atoms with Gasteiger partial charge in [0.05, 0.1) is 12.1 Å². The molecule has 0 aliphatic carbocycles. The first-order valence-electron chi connectivity index (χ1n) is 6.35. The number of hydrogen-bond acceptors (Lipinski definition) is 3. The van der Waals surface area contributed by atoms with E-state index >= 15 is 0 Å². The molecule has 4 nitrogen and oxygen atoms in total. The predicted molar refractivity (Wildman–Crippen MR) is 91.4 cm³/mol. The minimum atomic E-state index is -0.0537. The summed E-state index contributed by atoms with van der Waals surface area (Å²) in [5.41, 5.74) is -0.0537. The molecule has 0 aromatic rings. The molecule has 0 spiro atoms. The van der Waals surface area contributed by atoms with Gasteiger partial charge in [0.1, 0.15) is 0 Å². The van der Waals surface area contributed by atoms with Crippen LogP contribution < -0.4 is 10.6 Å². The van der Waals surface area contributed by atoms with E-state index in [9.17, 15) is 0 Å². The highest BCUT2D eigenvalue weighted by atomic mass is 127. The molecule has 1 heterocycles. The molecule has 0 bridgehead atoms. The van der Waals surface area contributed by atoms with Crippen molar-refractivity contribution in [1.29, 1.82) is 0 Å². The van der Waals surface area contributed by atoms with Crippen molar-refractivity contribution in [3.63, 3.8) is 0 Å². The molecule has 0 saturated carbocycles. The molecule has 1 atom stereocenters. The number of rotatable bonds is 6. The predicted octanol–water partition coefficient (Wildman–Crippen LogP) is 2.09. The number of guanidine groups is 1. The van der Waals surface area contributed by atoms with Crippen LogP contribution in [-0.4, -0.2) is 49.8 Å². The zero-order chi connectivity index (χ0) is 12.6. The number of nitrogens with one attached hydrogen (secondary N) is 2. The van der Waals surface area contributed by atoms with Gasteiger partial charge in [0, 0.05) is 25.4 Å². The Morgan fingerprint density at radius 3 is 2.78 bits per heavy atom. The Kier molecular flexibility index (Phi) is 10.3. The van der Waals surface area contributed by atoms with Gasteiger partial charge < -0.3 is 15.4 Å². The average Bonchev–Trinajstić information content (AvgIpc) is 2.74. The lowest BCUT2D eigenvalue weighted by molar-refractivity contribution is 0.0283. The molecule has 0 aromatic heterocycles. The number of nitrogens with zero attached hydrogens (tertiary/aromatic N) is 1. The topological polar surface area (TPSA) is 45.7 Å². The van der Waals surface area contributed by atoms with Crippen LogP contribution in [-0.2, 0) is 4.74 Å². The molecule has 108 valence electrons. The Hall–Kier alpha value is 0.310. The van der Waals surface area contributed by atoms with Gasteiger partial charge >= 0.3 is 0 Å². The van der Waals surface area contributed by atoms with E-state index in [4.69, 9.17) is 4.74 Å². The fourth-order valence-corrected chi connectivity index (χ4v) is 2.13. The summed E-state index contributed by atoms with van der Waals surface area (Å²) in [6.45, 7) is 7.69. The van der Waals surface area contributed by atoms with Crippen LogP contribution in [0.3, 0.4) is 0 Å². The van der Waals surface area contributed by atoms with E-state index in [1.807, 2.05) is 11.8 Å². The zero-order valence-corrected chi connectivity index (χ0v) is 14.8. The van der Waals surface area contributed by atoms with Gasteiger partial charge in [-0.2, -0.15) is 11.8 Å². The average molecular weight is 387 g/mol. The number of halogens is 1. The molecule has 6 heteroatoms. The van der Waals surface area contributed by atoms with Crippen LogP contribution in [0.25, 0.3) is 0 Å². The van der Waals surface area contributed by atoms with Gasteiger partial charge in [-0.25, -0.2) is 0 Å². The van der Waals surface area contributed by atoms with E-state index < -0.39 is 0 Å². The first kappa shape index (κ1) is 18.3. The maximum Gasteiger partial charge on any atom is 0.191 e. The number of ether oxygens (including phenoxy) is 1. The second-order valence-electron chi connectivity index (χ2n) is 4.52. The second kappa shape index (κ2) is 10.1. The van der Waals surface area contributed by atoms with E-state index in [2.05, 4.69) is 35.7 Å². The van der Waals surface area contributed by atoms with E-state index in [0.29, 0.717) is 0 Å². The van der Waals surface area contributed by atoms with Crippen molar-refractivity contribution >= 4 is 41.7 Å². The van der Waals surface area contributed by atoms with Crippen LogP contribution >= 0.6 is 35.7 Å². The highest BCUT2D eigenvalue weighted by molar-refractivity contribution is 14.0. The number of hydrogen-bond donors (Lipinski definition) is 2. The lowest BCUT2D eigenvalue weighted by Crippen LogP contribution is -2.40. The van der Waals surface area contributed by atoms with E-state index in [1.165, 1.54) is 0 Å². The van der Waals surface area contributed by atoms with Crippen LogP contribution in [0, 0.1) is 0 Å².